The lowest BCUT2D eigenvalue weighted by Crippen LogP contribution is -2.16. The average Bonchev–Trinajstić information content (AvgIpc) is 1.59. The van der Waals surface area contributed by atoms with E-state index in [1.54, 1.807) is 0 Å². The predicted molar refractivity (Wildman–Crippen MR) is 27.1 cm³/mol. The van der Waals surface area contributed by atoms with Crippen molar-refractivity contribution >= 4 is 9.28 Å². The second-order valence-electron chi connectivity index (χ2n) is 1.63. The molecule has 0 heterocycles. The average molecular weight is 160 g/mol. The quantitative estimate of drug-likeness (QED) is 0.564. The van der Waals surface area contributed by atoms with Crippen LogP contribution in [0.15, 0.2) is 0 Å². The molecule has 56 valence electrons. The third-order valence-electron chi connectivity index (χ3n) is 0.686. The van der Waals surface area contributed by atoms with Crippen molar-refractivity contribution in [2.45, 2.75) is 18.6 Å². The fraction of sp³-hybridized carbons (Fsp3) is 1.00. The molecule has 0 fully saturated rings. The smallest absolute Gasteiger partial charge is 0.389 e. The van der Waals surface area contributed by atoms with E-state index < -0.39 is 27.9 Å². The highest BCUT2D eigenvalue weighted by atomic mass is 28.3. The molecule has 0 unspecified atom stereocenters. The van der Waals surface area contributed by atoms with E-state index >= 15 is 0 Å². The van der Waals surface area contributed by atoms with Crippen molar-refractivity contribution in [1.82, 2.24) is 0 Å². The zero-order valence-corrected chi connectivity index (χ0v) is 5.67. The summed E-state index contributed by atoms with van der Waals surface area (Å²) in [6, 6.07) is -0.510. The zero-order chi connectivity index (χ0) is 7.49. The summed E-state index contributed by atoms with van der Waals surface area (Å²) in [5, 5.41) is 0. The molecular weight excluding hydrogens is 153 g/mol. The minimum absolute atomic E-state index is 0.510. The molecule has 0 saturated heterocycles. The highest BCUT2D eigenvalue weighted by Gasteiger charge is 2.27. The molecule has 0 aromatic heterocycles. The van der Waals surface area contributed by atoms with Crippen molar-refractivity contribution in [3.8, 4) is 0 Å². The van der Waals surface area contributed by atoms with Crippen LogP contribution in [0.25, 0.3) is 0 Å². The molecule has 0 bridgehead atoms. The topological polar surface area (TPSA) is 40.5 Å². The van der Waals surface area contributed by atoms with E-state index in [2.05, 4.69) is 0 Å². The van der Waals surface area contributed by atoms with Crippen molar-refractivity contribution in [3.63, 3.8) is 0 Å². The van der Waals surface area contributed by atoms with Gasteiger partial charge in [0, 0.05) is 6.42 Å². The lowest BCUT2D eigenvalue weighted by atomic mass is 10.5. The van der Waals surface area contributed by atoms with Gasteiger partial charge in [-0.1, -0.05) is 0 Å². The Labute approximate surface area is 51.8 Å². The second kappa shape index (κ2) is 3.19. The number of hydrogen-bond donors (Lipinski definition) is 2. The Morgan fingerprint density at radius 2 is 1.67 bits per heavy atom. The van der Waals surface area contributed by atoms with Crippen molar-refractivity contribution in [2.75, 3.05) is 0 Å². The second-order valence-corrected chi connectivity index (χ2v) is 3.17. The van der Waals surface area contributed by atoms with E-state index in [1.165, 1.54) is 0 Å². The molecule has 0 aliphatic carbocycles. The minimum Gasteiger partial charge on any atom is -0.413 e. The molecule has 2 N–H and O–H groups in total. The summed E-state index contributed by atoms with van der Waals surface area (Å²) in [4.78, 5) is 16.2. The van der Waals surface area contributed by atoms with Crippen molar-refractivity contribution in [2.24, 2.45) is 0 Å². The number of alkyl halides is 3. The van der Waals surface area contributed by atoms with Crippen LogP contribution in [0.5, 0.6) is 0 Å². The van der Waals surface area contributed by atoms with Crippen LogP contribution in [0.1, 0.15) is 6.42 Å². The van der Waals surface area contributed by atoms with Gasteiger partial charge >= 0.3 is 15.5 Å². The van der Waals surface area contributed by atoms with E-state index in [0.717, 1.165) is 0 Å². The Balaban J connectivity index is 3.28. The highest BCUT2D eigenvalue weighted by Crippen LogP contribution is 2.21. The van der Waals surface area contributed by atoms with Gasteiger partial charge in [0.15, 0.2) is 0 Å². The molecule has 0 spiro atoms. The third-order valence-corrected chi connectivity index (χ3v) is 1.49. The standard InChI is InChI=1S/C3H7F3O2Si/c4-3(5,6)1-2-9(7)8/h7-9H,1-2H2. The number of halogens is 3. The lowest BCUT2D eigenvalue weighted by Gasteiger charge is -2.04. The van der Waals surface area contributed by atoms with E-state index in [9.17, 15) is 13.2 Å². The lowest BCUT2D eigenvalue weighted by molar-refractivity contribution is -0.131. The van der Waals surface area contributed by atoms with E-state index in [1.807, 2.05) is 0 Å². The van der Waals surface area contributed by atoms with Crippen LogP contribution in [0.3, 0.4) is 0 Å². The van der Waals surface area contributed by atoms with Gasteiger partial charge < -0.3 is 9.59 Å². The predicted octanol–water partition coefficient (Wildman–Crippen LogP) is 0.144. The molecule has 6 heteroatoms. The molecule has 0 aromatic rings. The molecule has 0 saturated carbocycles. The molecule has 0 aliphatic heterocycles. The third kappa shape index (κ3) is 7.93. The maximum absolute atomic E-state index is 11.2. The first-order valence-corrected chi connectivity index (χ1v) is 4.19. The summed E-state index contributed by atoms with van der Waals surface area (Å²) in [6.07, 6.45) is -5.34. The Morgan fingerprint density at radius 1 is 1.22 bits per heavy atom. The molecule has 0 amide bonds. The molecule has 0 aromatic carbocycles. The van der Waals surface area contributed by atoms with Gasteiger partial charge in [-0.3, -0.25) is 0 Å². The first kappa shape index (κ1) is 8.93. The first-order chi connectivity index (χ1) is 3.92. The zero-order valence-electron chi connectivity index (χ0n) is 4.52. The van der Waals surface area contributed by atoms with Gasteiger partial charge in [-0.15, -0.1) is 0 Å². The minimum atomic E-state index is -4.25. The van der Waals surface area contributed by atoms with E-state index in [4.69, 9.17) is 9.59 Å². The van der Waals surface area contributed by atoms with Crippen molar-refractivity contribution in [1.29, 1.82) is 0 Å². The van der Waals surface area contributed by atoms with Gasteiger partial charge in [0.1, 0.15) is 0 Å². The SMILES string of the molecule is O[SiH](O)CCC(F)(F)F. The highest BCUT2D eigenvalue weighted by molar-refractivity contribution is 6.40. The Hall–Kier alpha value is -0.0731. The molecule has 0 rings (SSSR count). The largest absolute Gasteiger partial charge is 0.413 e. The van der Waals surface area contributed by atoms with Crippen LogP contribution in [-0.4, -0.2) is 25.1 Å². The Kier molecular flexibility index (Phi) is 3.16. The van der Waals surface area contributed by atoms with E-state index in [0.29, 0.717) is 0 Å². The first-order valence-electron chi connectivity index (χ1n) is 2.35. The van der Waals surface area contributed by atoms with Gasteiger partial charge in [0.25, 0.3) is 0 Å². The van der Waals surface area contributed by atoms with Gasteiger partial charge in [0.05, 0.1) is 0 Å². The maximum atomic E-state index is 11.2. The molecular formula is C3H7F3O2Si. The monoisotopic (exact) mass is 160 g/mol. The Morgan fingerprint density at radius 3 is 1.78 bits per heavy atom. The molecule has 2 nitrogen and oxygen atoms in total. The van der Waals surface area contributed by atoms with Crippen LogP contribution in [-0.2, 0) is 0 Å². The van der Waals surface area contributed by atoms with Crippen LogP contribution in [0.4, 0.5) is 13.2 Å². The summed E-state index contributed by atoms with van der Waals surface area (Å²) in [7, 11) is -2.99. The Bertz CT molecular complexity index is 81.6. The summed E-state index contributed by atoms with van der Waals surface area (Å²) < 4.78 is 33.6. The molecule has 0 atom stereocenters. The van der Waals surface area contributed by atoms with Crippen LogP contribution >= 0.6 is 0 Å². The van der Waals surface area contributed by atoms with Crippen LogP contribution in [0.2, 0.25) is 6.04 Å². The van der Waals surface area contributed by atoms with Crippen LogP contribution < -0.4 is 0 Å². The van der Waals surface area contributed by atoms with Crippen LogP contribution in [0, 0.1) is 0 Å². The normalized spacial score (nSPS) is 12.7. The van der Waals surface area contributed by atoms with Crippen molar-refractivity contribution < 1.29 is 22.8 Å². The summed E-state index contributed by atoms with van der Waals surface area (Å²) in [5.74, 6) is 0. The molecule has 9 heavy (non-hydrogen) atoms. The van der Waals surface area contributed by atoms with E-state index in [-0.39, 0.29) is 0 Å². The fourth-order valence-electron chi connectivity index (χ4n) is 0.293. The summed E-state index contributed by atoms with van der Waals surface area (Å²) >= 11 is 0. The van der Waals surface area contributed by atoms with Gasteiger partial charge in [0.2, 0.25) is 0 Å². The number of rotatable bonds is 2. The summed E-state index contributed by atoms with van der Waals surface area (Å²) in [5.41, 5.74) is 0. The van der Waals surface area contributed by atoms with Gasteiger partial charge in [-0.05, 0) is 6.04 Å². The maximum Gasteiger partial charge on any atom is 0.389 e. The van der Waals surface area contributed by atoms with Gasteiger partial charge in [-0.25, -0.2) is 0 Å². The summed E-state index contributed by atoms with van der Waals surface area (Å²) in [6.45, 7) is 0. The molecule has 0 aliphatic rings. The number of hydrogen-bond acceptors (Lipinski definition) is 2. The van der Waals surface area contributed by atoms with Crippen molar-refractivity contribution in [3.05, 3.63) is 0 Å². The van der Waals surface area contributed by atoms with Gasteiger partial charge in [-0.2, -0.15) is 13.2 Å². The fourth-order valence-corrected chi connectivity index (χ4v) is 0.878. The molecule has 0 radical (unpaired) electrons.